The molecule has 2 rings (SSSR count). The van der Waals surface area contributed by atoms with E-state index in [1.54, 1.807) is 7.11 Å². The summed E-state index contributed by atoms with van der Waals surface area (Å²) in [4.78, 5) is 11.9. The van der Waals surface area contributed by atoms with Crippen molar-refractivity contribution in [2.45, 2.75) is 51.0 Å². The molecule has 1 aliphatic carbocycles. The minimum atomic E-state index is 0.0825. The van der Waals surface area contributed by atoms with Crippen LogP contribution in [0.4, 0.5) is 0 Å². The van der Waals surface area contributed by atoms with Gasteiger partial charge in [0, 0.05) is 12.6 Å². The minimum absolute atomic E-state index is 0.0825. The molecule has 0 unspecified atom stereocenters. The van der Waals surface area contributed by atoms with Gasteiger partial charge in [-0.15, -0.1) is 0 Å². The Morgan fingerprint density at radius 3 is 2.64 bits per heavy atom. The molecule has 0 atom stereocenters. The van der Waals surface area contributed by atoms with Crippen LogP contribution in [0.25, 0.3) is 0 Å². The standard InChI is InChI=1S/C18H28N2O2/c1-22-17-11-7-6-8-15(17)12-13-19-18(21)14-20-16-9-4-2-3-5-10-16/h6-8,11,16,20H,2-5,9-10,12-14H2,1H3,(H,19,21). The zero-order chi connectivity index (χ0) is 15.6. The molecule has 1 saturated carbocycles. The highest BCUT2D eigenvalue weighted by Gasteiger charge is 2.12. The van der Waals surface area contributed by atoms with Crippen molar-refractivity contribution in [3.63, 3.8) is 0 Å². The van der Waals surface area contributed by atoms with Gasteiger partial charge in [-0.3, -0.25) is 4.79 Å². The maximum Gasteiger partial charge on any atom is 0.233 e. The predicted molar refractivity (Wildman–Crippen MR) is 89.2 cm³/mol. The normalized spacial score (nSPS) is 16.0. The van der Waals surface area contributed by atoms with Gasteiger partial charge in [-0.2, -0.15) is 0 Å². The van der Waals surface area contributed by atoms with Gasteiger partial charge < -0.3 is 15.4 Å². The number of hydrogen-bond donors (Lipinski definition) is 2. The Labute approximate surface area is 133 Å². The molecule has 122 valence electrons. The number of carbonyl (C=O) groups is 1. The summed E-state index contributed by atoms with van der Waals surface area (Å²) in [6.45, 7) is 1.07. The van der Waals surface area contributed by atoms with E-state index >= 15 is 0 Å². The minimum Gasteiger partial charge on any atom is -0.496 e. The van der Waals surface area contributed by atoms with Crippen molar-refractivity contribution < 1.29 is 9.53 Å². The Kier molecular flexibility index (Phi) is 7.23. The van der Waals surface area contributed by atoms with Gasteiger partial charge in [0.15, 0.2) is 0 Å². The molecule has 0 spiro atoms. The maximum atomic E-state index is 11.9. The van der Waals surface area contributed by atoms with Crippen molar-refractivity contribution in [3.8, 4) is 5.75 Å². The molecule has 4 nitrogen and oxygen atoms in total. The molecule has 0 bridgehead atoms. The monoisotopic (exact) mass is 304 g/mol. The Balaban J connectivity index is 1.65. The van der Waals surface area contributed by atoms with Crippen LogP contribution < -0.4 is 15.4 Å². The summed E-state index contributed by atoms with van der Waals surface area (Å²) in [5.74, 6) is 0.965. The lowest BCUT2D eigenvalue weighted by molar-refractivity contribution is -0.120. The van der Waals surface area contributed by atoms with E-state index in [0.29, 0.717) is 19.1 Å². The third kappa shape index (κ3) is 5.68. The van der Waals surface area contributed by atoms with Gasteiger partial charge >= 0.3 is 0 Å². The van der Waals surface area contributed by atoms with E-state index in [-0.39, 0.29) is 5.91 Å². The first kappa shape index (κ1) is 16.8. The SMILES string of the molecule is COc1ccccc1CCNC(=O)CNC1CCCCCC1. The average molecular weight is 304 g/mol. The lowest BCUT2D eigenvalue weighted by Gasteiger charge is -2.16. The van der Waals surface area contributed by atoms with Crippen LogP contribution in [0.3, 0.4) is 0 Å². The van der Waals surface area contributed by atoms with Crippen LogP contribution in [0.2, 0.25) is 0 Å². The van der Waals surface area contributed by atoms with Gasteiger partial charge in [0.25, 0.3) is 0 Å². The molecule has 22 heavy (non-hydrogen) atoms. The van der Waals surface area contributed by atoms with E-state index in [2.05, 4.69) is 10.6 Å². The van der Waals surface area contributed by atoms with Crippen LogP contribution in [0.15, 0.2) is 24.3 Å². The van der Waals surface area contributed by atoms with Crippen LogP contribution in [0.1, 0.15) is 44.1 Å². The maximum absolute atomic E-state index is 11.9. The number of methoxy groups -OCH3 is 1. The van der Waals surface area contributed by atoms with Crippen molar-refractivity contribution in [1.82, 2.24) is 10.6 Å². The molecule has 1 amide bonds. The second kappa shape index (κ2) is 9.46. The quantitative estimate of drug-likeness (QED) is 0.762. The zero-order valence-corrected chi connectivity index (χ0v) is 13.6. The molecule has 1 aliphatic rings. The number of nitrogens with one attached hydrogen (secondary N) is 2. The first-order valence-corrected chi connectivity index (χ1v) is 8.41. The van der Waals surface area contributed by atoms with E-state index in [9.17, 15) is 4.79 Å². The number of benzene rings is 1. The summed E-state index contributed by atoms with van der Waals surface area (Å²) >= 11 is 0. The highest BCUT2D eigenvalue weighted by molar-refractivity contribution is 5.78. The second-order valence-electron chi connectivity index (χ2n) is 5.98. The number of ether oxygens (including phenoxy) is 1. The molecule has 0 radical (unpaired) electrons. The summed E-state index contributed by atoms with van der Waals surface area (Å²) in [7, 11) is 1.67. The van der Waals surface area contributed by atoms with Gasteiger partial charge in [0.1, 0.15) is 5.75 Å². The molecule has 1 fully saturated rings. The molecule has 0 saturated heterocycles. The lowest BCUT2D eigenvalue weighted by atomic mass is 10.1. The Morgan fingerprint density at radius 2 is 1.91 bits per heavy atom. The summed E-state index contributed by atoms with van der Waals surface area (Å²) in [5.41, 5.74) is 1.13. The van der Waals surface area contributed by atoms with E-state index < -0.39 is 0 Å². The number of rotatable bonds is 7. The largest absolute Gasteiger partial charge is 0.496 e. The van der Waals surface area contributed by atoms with Crippen molar-refractivity contribution in [1.29, 1.82) is 0 Å². The van der Waals surface area contributed by atoms with Crippen LogP contribution in [-0.2, 0) is 11.2 Å². The lowest BCUT2D eigenvalue weighted by Crippen LogP contribution is -2.39. The summed E-state index contributed by atoms with van der Waals surface area (Å²) < 4.78 is 5.32. The van der Waals surface area contributed by atoms with Crippen LogP contribution >= 0.6 is 0 Å². The molecule has 1 aromatic rings. The van der Waals surface area contributed by atoms with Gasteiger partial charge in [0.2, 0.25) is 5.91 Å². The highest BCUT2D eigenvalue weighted by atomic mass is 16.5. The van der Waals surface area contributed by atoms with Crippen molar-refractivity contribution in [2.75, 3.05) is 20.2 Å². The van der Waals surface area contributed by atoms with E-state index in [4.69, 9.17) is 4.74 Å². The van der Waals surface area contributed by atoms with Gasteiger partial charge in [-0.1, -0.05) is 43.9 Å². The van der Waals surface area contributed by atoms with Gasteiger partial charge in [-0.25, -0.2) is 0 Å². The third-order valence-electron chi connectivity index (χ3n) is 4.32. The molecule has 2 N–H and O–H groups in total. The van der Waals surface area contributed by atoms with Crippen molar-refractivity contribution in [2.24, 2.45) is 0 Å². The molecule has 0 aliphatic heterocycles. The number of carbonyl (C=O) groups excluding carboxylic acids is 1. The molecule has 1 aromatic carbocycles. The van der Waals surface area contributed by atoms with Gasteiger partial charge in [-0.05, 0) is 30.9 Å². The fourth-order valence-corrected chi connectivity index (χ4v) is 3.03. The molecular formula is C18H28N2O2. The summed E-state index contributed by atoms with van der Waals surface area (Å²) in [5, 5.41) is 6.38. The smallest absolute Gasteiger partial charge is 0.233 e. The number of amides is 1. The second-order valence-corrected chi connectivity index (χ2v) is 5.98. The topological polar surface area (TPSA) is 50.4 Å². The molecule has 0 heterocycles. The fraction of sp³-hybridized carbons (Fsp3) is 0.611. The van der Waals surface area contributed by atoms with E-state index in [1.807, 2.05) is 24.3 Å². The zero-order valence-electron chi connectivity index (χ0n) is 13.6. The van der Waals surface area contributed by atoms with E-state index in [1.165, 1.54) is 38.5 Å². The Bertz CT molecular complexity index is 454. The number of hydrogen-bond acceptors (Lipinski definition) is 3. The molecule has 4 heteroatoms. The first-order valence-electron chi connectivity index (χ1n) is 8.41. The van der Waals surface area contributed by atoms with Crippen molar-refractivity contribution >= 4 is 5.91 Å². The van der Waals surface area contributed by atoms with Gasteiger partial charge in [0.05, 0.1) is 13.7 Å². The molecule has 0 aromatic heterocycles. The summed E-state index contributed by atoms with van der Waals surface area (Å²) in [6.07, 6.45) is 8.44. The molecular weight excluding hydrogens is 276 g/mol. The fourth-order valence-electron chi connectivity index (χ4n) is 3.03. The average Bonchev–Trinajstić information content (AvgIpc) is 2.82. The van der Waals surface area contributed by atoms with Crippen LogP contribution in [-0.4, -0.2) is 32.1 Å². The van der Waals surface area contributed by atoms with Crippen LogP contribution in [0, 0.1) is 0 Å². The predicted octanol–water partition coefficient (Wildman–Crippen LogP) is 2.67. The van der Waals surface area contributed by atoms with E-state index in [0.717, 1.165) is 17.7 Å². The number of para-hydroxylation sites is 1. The van der Waals surface area contributed by atoms with Crippen molar-refractivity contribution in [3.05, 3.63) is 29.8 Å². The van der Waals surface area contributed by atoms with Crippen LogP contribution in [0.5, 0.6) is 5.75 Å². The third-order valence-corrected chi connectivity index (χ3v) is 4.32. The highest BCUT2D eigenvalue weighted by Crippen LogP contribution is 2.17. The summed E-state index contributed by atoms with van der Waals surface area (Å²) in [6, 6.07) is 8.45. The Hall–Kier alpha value is -1.55. The first-order chi connectivity index (χ1) is 10.8. The Morgan fingerprint density at radius 1 is 1.18 bits per heavy atom.